The lowest BCUT2D eigenvalue weighted by Crippen LogP contribution is -2.49. The van der Waals surface area contributed by atoms with E-state index in [0.29, 0.717) is 25.9 Å². The Morgan fingerprint density at radius 3 is 2.36 bits per heavy atom. The van der Waals surface area contributed by atoms with Crippen molar-refractivity contribution >= 4 is 11.8 Å². The molecule has 0 heterocycles. The number of carbonyl (C=O) groups is 2. The molecule has 28 heavy (non-hydrogen) atoms. The van der Waals surface area contributed by atoms with Crippen LogP contribution in [0.4, 0.5) is 0 Å². The van der Waals surface area contributed by atoms with Crippen LogP contribution in [-0.4, -0.2) is 29.3 Å². The molecule has 0 aromatic heterocycles. The van der Waals surface area contributed by atoms with Crippen molar-refractivity contribution < 1.29 is 9.59 Å². The summed E-state index contributed by atoms with van der Waals surface area (Å²) in [6.07, 6.45) is 0.880. The molecule has 4 heteroatoms. The Hall–Kier alpha value is -2.62. The molecule has 4 nitrogen and oxygen atoms in total. The van der Waals surface area contributed by atoms with Gasteiger partial charge in [0.2, 0.25) is 11.8 Å². The van der Waals surface area contributed by atoms with Crippen LogP contribution in [0, 0.1) is 20.8 Å². The second kappa shape index (κ2) is 10.1. The number of aryl methyl sites for hydroxylation is 3. The molecular formula is C24H32N2O2. The smallest absolute Gasteiger partial charge is 0.242 e. The molecule has 0 radical (unpaired) electrons. The minimum atomic E-state index is -0.474. The van der Waals surface area contributed by atoms with Crippen LogP contribution in [-0.2, 0) is 22.6 Å². The zero-order valence-corrected chi connectivity index (χ0v) is 17.7. The van der Waals surface area contributed by atoms with E-state index in [-0.39, 0.29) is 11.8 Å². The van der Waals surface area contributed by atoms with Crippen molar-refractivity contribution in [3.05, 3.63) is 70.3 Å². The lowest BCUT2D eigenvalue weighted by molar-refractivity contribution is -0.140. The summed E-state index contributed by atoms with van der Waals surface area (Å²) in [5.74, 6) is -0.111. The highest BCUT2D eigenvalue weighted by molar-refractivity contribution is 5.88. The van der Waals surface area contributed by atoms with E-state index >= 15 is 0 Å². The quantitative estimate of drug-likeness (QED) is 0.750. The average Bonchev–Trinajstić information content (AvgIpc) is 2.64. The highest BCUT2D eigenvalue weighted by Gasteiger charge is 2.28. The first-order valence-electron chi connectivity index (χ1n) is 10.0. The van der Waals surface area contributed by atoms with Gasteiger partial charge in [-0.3, -0.25) is 9.59 Å². The van der Waals surface area contributed by atoms with E-state index in [1.165, 1.54) is 0 Å². The number of carbonyl (C=O) groups excluding carboxylic acids is 2. The molecule has 2 aromatic carbocycles. The maximum Gasteiger partial charge on any atom is 0.242 e. The number of benzene rings is 2. The molecule has 0 unspecified atom stereocenters. The van der Waals surface area contributed by atoms with Crippen molar-refractivity contribution in [2.24, 2.45) is 0 Å². The van der Waals surface area contributed by atoms with E-state index < -0.39 is 6.04 Å². The van der Waals surface area contributed by atoms with Crippen molar-refractivity contribution in [2.75, 3.05) is 6.54 Å². The van der Waals surface area contributed by atoms with Crippen molar-refractivity contribution in [3.63, 3.8) is 0 Å². The molecule has 0 fully saturated rings. The summed E-state index contributed by atoms with van der Waals surface area (Å²) in [7, 11) is 0. The lowest BCUT2D eigenvalue weighted by atomic mass is 10.0. The van der Waals surface area contributed by atoms with Gasteiger partial charge in [-0.25, -0.2) is 0 Å². The molecule has 150 valence electrons. The van der Waals surface area contributed by atoms with E-state index in [4.69, 9.17) is 0 Å². The molecule has 0 aliphatic rings. The van der Waals surface area contributed by atoms with E-state index in [0.717, 1.165) is 27.8 Å². The highest BCUT2D eigenvalue weighted by atomic mass is 16.2. The molecule has 0 saturated heterocycles. The maximum atomic E-state index is 13.3. The summed E-state index contributed by atoms with van der Waals surface area (Å²) in [6.45, 7) is 10.9. The van der Waals surface area contributed by atoms with Gasteiger partial charge in [0, 0.05) is 13.1 Å². The summed E-state index contributed by atoms with van der Waals surface area (Å²) >= 11 is 0. The van der Waals surface area contributed by atoms with E-state index in [9.17, 15) is 9.59 Å². The van der Waals surface area contributed by atoms with Crippen molar-refractivity contribution in [1.29, 1.82) is 0 Å². The molecule has 1 atom stereocenters. The fourth-order valence-corrected chi connectivity index (χ4v) is 3.47. The topological polar surface area (TPSA) is 49.4 Å². The average molecular weight is 381 g/mol. The summed E-state index contributed by atoms with van der Waals surface area (Å²) in [6, 6.07) is 13.8. The van der Waals surface area contributed by atoms with Crippen LogP contribution in [0.2, 0.25) is 0 Å². The largest absolute Gasteiger partial charge is 0.355 e. The monoisotopic (exact) mass is 380 g/mol. The van der Waals surface area contributed by atoms with Gasteiger partial charge in [-0.15, -0.1) is 0 Å². The third kappa shape index (κ3) is 5.69. The molecule has 0 saturated carbocycles. The third-order valence-electron chi connectivity index (χ3n) is 5.02. The fraction of sp³-hybridized carbons (Fsp3) is 0.417. The van der Waals surface area contributed by atoms with Crippen LogP contribution in [0.15, 0.2) is 42.5 Å². The summed E-state index contributed by atoms with van der Waals surface area (Å²) in [4.78, 5) is 27.7. The maximum absolute atomic E-state index is 13.3. The standard InChI is InChI=1S/C24H32N2O2/c1-6-22(24(28)25-7-2)26(16-20-10-8-9-17(3)13-20)23(27)15-21-14-18(4)11-12-19(21)5/h8-14,22H,6-7,15-16H2,1-5H3,(H,25,28)/t22-/m0/s1. The first-order chi connectivity index (χ1) is 13.3. The van der Waals surface area contributed by atoms with E-state index in [2.05, 4.69) is 23.5 Å². The summed E-state index contributed by atoms with van der Waals surface area (Å²) < 4.78 is 0. The van der Waals surface area contributed by atoms with Crippen LogP contribution in [0.3, 0.4) is 0 Å². The minimum Gasteiger partial charge on any atom is -0.355 e. The number of amides is 2. The summed E-state index contributed by atoms with van der Waals surface area (Å²) in [5, 5.41) is 2.88. The van der Waals surface area contributed by atoms with Crippen LogP contribution >= 0.6 is 0 Å². The van der Waals surface area contributed by atoms with E-state index in [1.807, 2.05) is 58.9 Å². The molecule has 0 spiro atoms. The summed E-state index contributed by atoms with van der Waals surface area (Å²) in [5.41, 5.74) is 5.43. The van der Waals surface area contributed by atoms with Gasteiger partial charge in [-0.2, -0.15) is 0 Å². The predicted molar refractivity (Wildman–Crippen MR) is 114 cm³/mol. The Bertz CT molecular complexity index is 829. The van der Waals surface area contributed by atoms with Crippen LogP contribution in [0.25, 0.3) is 0 Å². The number of hydrogen-bond acceptors (Lipinski definition) is 2. The predicted octanol–water partition coefficient (Wildman–Crippen LogP) is 4.10. The van der Waals surface area contributed by atoms with E-state index in [1.54, 1.807) is 4.90 Å². The van der Waals surface area contributed by atoms with Gasteiger partial charge < -0.3 is 10.2 Å². The van der Waals surface area contributed by atoms with Crippen LogP contribution in [0.5, 0.6) is 0 Å². The molecule has 0 aliphatic heterocycles. The van der Waals surface area contributed by atoms with Gasteiger partial charge in [-0.1, -0.05) is 60.5 Å². The van der Waals surface area contributed by atoms with Gasteiger partial charge in [0.25, 0.3) is 0 Å². The number of rotatable bonds is 8. The Morgan fingerprint density at radius 2 is 1.71 bits per heavy atom. The van der Waals surface area contributed by atoms with Gasteiger partial charge in [0.1, 0.15) is 6.04 Å². The van der Waals surface area contributed by atoms with Gasteiger partial charge in [-0.05, 0) is 50.8 Å². The van der Waals surface area contributed by atoms with Gasteiger partial charge >= 0.3 is 0 Å². The van der Waals surface area contributed by atoms with Gasteiger partial charge in [0.15, 0.2) is 0 Å². The molecule has 1 N–H and O–H groups in total. The normalized spacial score (nSPS) is 11.8. The second-order valence-corrected chi connectivity index (χ2v) is 7.44. The molecule has 0 aliphatic carbocycles. The third-order valence-corrected chi connectivity index (χ3v) is 5.02. The zero-order chi connectivity index (χ0) is 20.7. The molecular weight excluding hydrogens is 348 g/mol. The highest BCUT2D eigenvalue weighted by Crippen LogP contribution is 2.18. The zero-order valence-electron chi connectivity index (χ0n) is 17.7. The fourth-order valence-electron chi connectivity index (χ4n) is 3.47. The molecule has 2 rings (SSSR count). The number of likely N-dealkylation sites (N-methyl/N-ethyl adjacent to an activating group) is 1. The van der Waals surface area contributed by atoms with Crippen LogP contribution < -0.4 is 5.32 Å². The molecule has 0 bridgehead atoms. The Balaban J connectivity index is 2.33. The van der Waals surface area contributed by atoms with Crippen LogP contribution in [0.1, 0.15) is 48.1 Å². The minimum absolute atomic E-state index is 0.0201. The first-order valence-corrected chi connectivity index (χ1v) is 10.0. The Morgan fingerprint density at radius 1 is 1.00 bits per heavy atom. The molecule has 2 aromatic rings. The SMILES string of the molecule is CCNC(=O)[C@H](CC)N(Cc1cccc(C)c1)C(=O)Cc1cc(C)ccc1C. The Kier molecular flexibility index (Phi) is 7.80. The second-order valence-electron chi connectivity index (χ2n) is 7.44. The lowest BCUT2D eigenvalue weighted by Gasteiger charge is -2.31. The van der Waals surface area contributed by atoms with Gasteiger partial charge in [0.05, 0.1) is 6.42 Å². The number of nitrogens with one attached hydrogen (secondary N) is 1. The van der Waals surface area contributed by atoms with Crippen molar-refractivity contribution in [3.8, 4) is 0 Å². The molecule has 2 amide bonds. The number of hydrogen-bond donors (Lipinski definition) is 1. The number of nitrogens with zero attached hydrogens (tertiary/aromatic N) is 1. The van der Waals surface area contributed by atoms with Crippen molar-refractivity contribution in [1.82, 2.24) is 10.2 Å². The Labute approximate surface area is 169 Å². The van der Waals surface area contributed by atoms with Crippen molar-refractivity contribution in [2.45, 2.75) is 60.0 Å². The first kappa shape index (κ1) is 21.7.